The number of ether oxygens (including phenoxy) is 1. The summed E-state index contributed by atoms with van der Waals surface area (Å²) in [6, 6.07) is 4.17. The minimum absolute atomic E-state index is 0.00389. The standard InChI is InChI=1S/C13H16INO5S/c1-9-8-15(5-2-6-20-9)21(18,19)10-3-4-12(14)11(7-10)13(16)17/h3-4,7,9H,2,5-6,8H2,1H3,(H,16,17). The molecule has 1 aromatic carbocycles. The van der Waals surface area contributed by atoms with Crippen LogP contribution in [0.25, 0.3) is 0 Å². The lowest BCUT2D eigenvalue weighted by atomic mass is 10.2. The number of hydrogen-bond donors (Lipinski definition) is 1. The van der Waals surface area contributed by atoms with Gasteiger partial charge in [-0.1, -0.05) is 0 Å². The highest BCUT2D eigenvalue weighted by Gasteiger charge is 2.28. The molecule has 1 aromatic rings. The number of rotatable bonds is 3. The van der Waals surface area contributed by atoms with E-state index in [0.29, 0.717) is 23.1 Å². The zero-order chi connectivity index (χ0) is 15.6. The smallest absolute Gasteiger partial charge is 0.336 e. The molecule has 0 aliphatic carbocycles. The first-order chi connectivity index (χ1) is 9.82. The summed E-state index contributed by atoms with van der Waals surface area (Å²) in [5.74, 6) is -1.14. The van der Waals surface area contributed by atoms with Crippen LogP contribution in [0.15, 0.2) is 23.1 Å². The zero-order valence-corrected chi connectivity index (χ0v) is 14.4. The van der Waals surface area contributed by atoms with Crippen LogP contribution in [0.1, 0.15) is 23.7 Å². The monoisotopic (exact) mass is 425 g/mol. The SMILES string of the molecule is CC1CN(S(=O)(=O)c2ccc(I)c(C(=O)O)c2)CCCO1. The van der Waals surface area contributed by atoms with Crippen molar-refractivity contribution in [3.05, 3.63) is 27.3 Å². The van der Waals surface area contributed by atoms with Gasteiger partial charge in [-0.05, 0) is 54.1 Å². The molecular weight excluding hydrogens is 409 g/mol. The van der Waals surface area contributed by atoms with Crippen molar-refractivity contribution in [2.24, 2.45) is 0 Å². The van der Waals surface area contributed by atoms with Gasteiger partial charge in [0.25, 0.3) is 0 Å². The molecule has 1 N–H and O–H groups in total. The molecule has 21 heavy (non-hydrogen) atoms. The van der Waals surface area contributed by atoms with Gasteiger partial charge < -0.3 is 9.84 Å². The topological polar surface area (TPSA) is 83.9 Å². The number of carboxylic acid groups (broad SMARTS) is 1. The normalized spacial score (nSPS) is 21.0. The van der Waals surface area contributed by atoms with Crippen molar-refractivity contribution in [1.82, 2.24) is 4.31 Å². The summed E-state index contributed by atoms with van der Waals surface area (Å²) < 4.78 is 32.6. The Balaban J connectivity index is 2.39. The van der Waals surface area contributed by atoms with Gasteiger partial charge in [-0.3, -0.25) is 0 Å². The average molecular weight is 425 g/mol. The van der Waals surface area contributed by atoms with Crippen molar-refractivity contribution in [3.8, 4) is 0 Å². The Morgan fingerprint density at radius 3 is 2.86 bits per heavy atom. The number of carboxylic acids is 1. The Bertz CT molecular complexity index is 646. The second-order valence-electron chi connectivity index (χ2n) is 4.84. The lowest BCUT2D eigenvalue weighted by Gasteiger charge is -2.22. The molecule has 1 unspecified atom stereocenters. The van der Waals surface area contributed by atoms with Crippen LogP contribution in [0.3, 0.4) is 0 Å². The number of benzene rings is 1. The van der Waals surface area contributed by atoms with Crippen LogP contribution in [0.5, 0.6) is 0 Å². The third-order valence-electron chi connectivity index (χ3n) is 3.22. The molecule has 0 spiro atoms. The van der Waals surface area contributed by atoms with E-state index in [1.54, 1.807) is 0 Å². The fourth-order valence-corrected chi connectivity index (χ4v) is 4.30. The number of halogens is 1. The Morgan fingerprint density at radius 2 is 2.19 bits per heavy atom. The predicted molar refractivity (Wildman–Crippen MR) is 84.9 cm³/mol. The fraction of sp³-hybridized carbons (Fsp3) is 0.462. The second kappa shape index (κ2) is 6.59. The van der Waals surface area contributed by atoms with E-state index in [1.807, 2.05) is 29.5 Å². The van der Waals surface area contributed by atoms with E-state index in [-0.39, 0.29) is 23.1 Å². The van der Waals surface area contributed by atoms with Gasteiger partial charge in [-0.2, -0.15) is 4.31 Å². The summed E-state index contributed by atoms with van der Waals surface area (Å²) in [4.78, 5) is 11.2. The molecule has 0 amide bonds. The van der Waals surface area contributed by atoms with E-state index in [1.165, 1.54) is 22.5 Å². The molecule has 2 rings (SSSR count). The predicted octanol–water partition coefficient (Wildman–Crippen LogP) is 1.79. The summed E-state index contributed by atoms with van der Waals surface area (Å²) in [5, 5.41) is 9.12. The minimum Gasteiger partial charge on any atom is -0.478 e. The lowest BCUT2D eigenvalue weighted by Crippen LogP contribution is -2.36. The number of aromatic carboxylic acids is 1. The van der Waals surface area contributed by atoms with Gasteiger partial charge in [0.15, 0.2) is 0 Å². The van der Waals surface area contributed by atoms with Gasteiger partial charge in [-0.25, -0.2) is 13.2 Å². The Kier molecular flexibility index (Phi) is 5.23. The van der Waals surface area contributed by atoms with Gasteiger partial charge in [0, 0.05) is 23.3 Å². The van der Waals surface area contributed by atoms with Crippen molar-refractivity contribution >= 4 is 38.6 Å². The molecule has 1 saturated heterocycles. The number of sulfonamides is 1. The average Bonchev–Trinajstić information content (AvgIpc) is 2.63. The molecule has 0 saturated carbocycles. The van der Waals surface area contributed by atoms with E-state index >= 15 is 0 Å². The number of hydrogen-bond acceptors (Lipinski definition) is 4. The summed E-state index contributed by atoms with van der Waals surface area (Å²) in [6.07, 6.45) is 0.449. The van der Waals surface area contributed by atoms with Gasteiger partial charge >= 0.3 is 5.97 Å². The Hall–Kier alpha value is -0.710. The van der Waals surface area contributed by atoms with Crippen molar-refractivity contribution in [1.29, 1.82) is 0 Å². The van der Waals surface area contributed by atoms with Crippen molar-refractivity contribution in [2.75, 3.05) is 19.7 Å². The van der Waals surface area contributed by atoms with Gasteiger partial charge in [0.05, 0.1) is 16.6 Å². The van der Waals surface area contributed by atoms with Gasteiger partial charge in [0.1, 0.15) is 0 Å². The molecule has 1 atom stereocenters. The van der Waals surface area contributed by atoms with Crippen molar-refractivity contribution in [3.63, 3.8) is 0 Å². The van der Waals surface area contributed by atoms with Crippen LogP contribution >= 0.6 is 22.6 Å². The van der Waals surface area contributed by atoms with Crippen LogP contribution in [0.2, 0.25) is 0 Å². The second-order valence-corrected chi connectivity index (χ2v) is 7.94. The molecule has 116 valence electrons. The van der Waals surface area contributed by atoms with Crippen LogP contribution in [0, 0.1) is 3.57 Å². The summed E-state index contributed by atoms with van der Waals surface area (Å²) >= 11 is 1.88. The van der Waals surface area contributed by atoms with Crippen molar-refractivity contribution < 1.29 is 23.1 Å². The van der Waals surface area contributed by atoms with E-state index in [0.717, 1.165) is 0 Å². The van der Waals surface area contributed by atoms with Crippen LogP contribution in [0.4, 0.5) is 0 Å². The molecule has 0 radical (unpaired) electrons. The molecule has 1 heterocycles. The maximum absolute atomic E-state index is 12.6. The fourth-order valence-electron chi connectivity index (χ4n) is 2.15. The molecule has 1 aliphatic heterocycles. The van der Waals surface area contributed by atoms with E-state index in [2.05, 4.69) is 0 Å². The highest BCUT2D eigenvalue weighted by molar-refractivity contribution is 14.1. The molecule has 1 aliphatic rings. The van der Waals surface area contributed by atoms with Crippen LogP contribution in [-0.2, 0) is 14.8 Å². The maximum atomic E-state index is 12.6. The third kappa shape index (κ3) is 3.74. The summed E-state index contributed by atoms with van der Waals surface area (Å²) in [5.41, 5.74) is -0.00389. The third-order valence-corrected chi connectivity index (χ3v) is 6.02. The maximum Gasteiger partial charge on any atom is 0.336 e. The molecule has 1 fully saturated rings. The first-order valence-electron chi connectivity index (χ1n) is 6.47. The Labute approximate surface area is 137 Å². The van der Waals surface area contributed by atoms with E-state index in [9.17, 15) is 13.2 Å². The molecule has 0 bridgehead atoms. The van der Waals surface area contributed by atoms with Gasteiger partial charge in [-0.15, -0.1) is 0 Å². The largest absolute Gasteiger partial charge is 0.478 e. The quantitative estimate of drug-likeness (QED) is 0.747. The van der Waals surface area contributed by atoms with Crippen molar-refractivity contribution in [2.45, 2.75) is 24.3 Å². The summed E-state index contributed by atoms with van der Waals surface area (Å²) in [7, 11) is -3.70. The number of nitrogens with zero attached hydrogens (tertiary/aromatic N) is 1. The van der Waals surface area contributed by atoms with Crippen LogP contribution in [-0.4, -0.2) is 49.6 Å². The lowest BCUT2D eigenvalue weighted by molar-refractivity contribution is 0.0695. The Morgan fingerprint density at radius 1 is 1.48 bits per heavy atom. The first-order valence-corrected chi connectivity index (χ1v) is 8.99. The van der Waals surface area contributed by atoms with Gasteiger partial charge in [0.2, 0.25) is 10.0 Å². The molecule has 6 nitrogen and oxygen atoms in total. The first kappa shape index (κ1) is 16.7. The highest BCUT2D eigenvalue weighted by atomic mass is 127. The van der Waals surface area contributed by atoms with E-state index in [4.69, 9.17) is 9.84 Å². The molecular formula is C13H16INO5S. The van der Waals surface area contributed by atoms with E-state index < -0.39 is 16.0 Å². The van der Waals surface area contributed by atoms with Crippen LogP contribution < -0.4 is 0 Å². The minimum atomic E-state index is -3.70. The molecule has 8 heteroatoms. The molecule has 0 aromatic heterocycles. The summed E-state index contributed by atoms with van der Waals surface area (Å²) in [6.45, 7) is 3.00. The zero-order valence-electron chi connectivity index (χ0n) is 11.5. The highest BCUT2D eigenvalue weighted by Crippen LogP contribution is 2.22. The number of carbonyl (C=O) groups is 1.